The SMILES string of the molecule is C=CCN1CCCN(Cc2noc(C)n2)CC1. The van der Waals surface area contributed by atoms with Crippen LogP contribution in [0.1, 0.15) is 18.1 Å². The highest BCUT2D eigenvalue weighted by atomic mass is 16.5. The van der Waals surface area contributed by atoms with Crippen LogP contribution in [0.4, 0.5) is 0 Å². The number of hydrogen-bond donors (Lipinski definition) is 0. The lowest BCUT2D eigenvalue weighted by atomic mass is 10.3. The van der Waals surface area contributed by atoms with Crippen molar-refractivity contribution in [3.8, 4) is 0 Å². The fourth-order valence-electron chi connectivity index (χ4n) is 2.15. The number of aromatic nitrogens is 2. The first kappa shape index (κ1) is 12.3. The van der Waals surface area contributed by atoms with Crippen LogP contribution in [0, 0.1) is 6.92 Å². The molecule has 0 N–H and O–H groups in total. The average Bonchev–Trinajstić information content (AvgIpc) is 2.58. The molecular formula is C12H20N4O. The smallest absolute Gasteiger partial charge is 0.223 e. The number of rotatable bonds is 4. The predicted octanol–water partition coefficient (Wildman–Crippen LogP) is 1.07. The molecular weight excluding hydrogens is 216 g/mol. The summed E-state index contributed by atoms with van der Waals surface area (Å²) in [7, 11) is 0. The van der Waals surface area contributed by atoms with Gasteiger partial charge in [0.15, 0.2) is 5.82 Å². The van der Waals surface area contributed by atoms with Crippen LogP contribution in [0.15, 0.2) is 17.2 Å². The van der Waals surface area contributed by atoms with Gasteiger partial charge in [0.05, 0.1) is 6.54 Å². The van der Waals surface area contributed by atoms with Crippen LogP contribution in [0.2, 0.25) is 0 Å². The molecule has 1 saturated heterocycles. The Morgan fingerprint density at radius 1 is 1.29 bits per heavy atom. The van der Waals surface area contributed by atoms with Crippen LogP contribution in [-0.4, -0.2) is 52.7 Å². The van der Waals surface area contributed by atoms with Crippen LogP contribution in [0.3, 0.4) is 0 Å². The van der Waals surface area contributed by atoms with Gasteiger partial charge >= 0.3 is 0 Å². The quantitative estimate of drug-likeness (QED) is 0.732. The molecule has 2 rings (SSSR count). The summed E-state index contributed by atoms with van der Waals surface area (Å²) < 4.78 is 4.99. The van der Waals surface area contributed by atoms with Crippen molar-refractivity contribution in [1.29, 1.82) is 0 Å². The Bertz CT molecular complexity index is 363. The standard InChI is InChI=1S/C12H20N4O/c1-3-5-15-6-4-7-16(9-8-15)10-12-13-11(2)17-14-12/h3H,1,4-10H2,2H3. The van der Waals surface area contributed by atoms with Gasteiger partial charge in [-0.2, -0.15) is 4.98 Å². The first-order valence-electron chi connectivity index (χ1n) is 6.12. The van der Waals surface area contributed by atoms with Crippen molar-refractivity contribution < 1.29 is 4.52 Å². The first-order chi connectivity index (χ1) is 8.28. The van der Waals surface area contributed by atoms with E-state index in [0.717, 1.165) is 45.1 Å². The Morgan fingerprint density at radius 3 is 2.76 bits per heavy atom. The Hall–Kier alpha value is -1.20. The molecule has 17 heavy (non-hydrogen) atoms. The van der Waals surface area contributed by atoms with Crippen LogP contribution in [0.5, 0.6) is 0 Å². The van der Waals surface area contributed by atoms with E-state index in [1.165, 1.54) is 6.42 Å². The molecule has 1 fully saturated rings. The third-order valence-electron chi connectivity index (χ3n) is 3.00. The zero-order valence-electron chi connectivity index (χ0n) is 10.4. The van der Waals surface area contributed by atoms with Crippen molar-refractivity contribution >= 4 is 0 Å². The Balaban J connectivity index is 1.84. The largest absolute Gasteiger partial charge is 0.340 e. The van der Waals surface area contributed by atoms with E-state index in [2.05, 4.69) is 26.5 Å². The molecule has 94 valence electrons. The normalized spacial score (nSPS) is 19.1. The predicted molar refractivity (Wildman–Crippen MR) is 65.6 cm³/mol. The van der Waals surface area contributed by atoms with E-state index in [0.29, 0.717) is 5.89 Å². The monoisotopic (exact) mass is 236 g/mol. The summed E-state index contributed by atoms with van der Waals surface area (Å²) in [4.78, 5) is 9.05. The van der Waals surface area contributed by atoms with E-state index in [1.807, 2.05) is 13.0 Å². The van der Waals surface area contributed by atoms with E-state index in [9.17, 15) is 0 Å². The van der Waals surface area contributed by atoms with Gasteiger partial charge in [-0.1, -0.05) is 11.2 Å². The summed E-state index contributed by atoms with van der Waals surface area (Å²) >= 11 is 0. The van der Waals surface area contributed by atoms with Gasteiger partial charge in [0, 0.05) is 26.6 Å². The molecule has 5 heteroatoms. The lowest BCUT2D eigenvalue weighted by molar-refractivity contribution is 0.253. The summed E-state index contributed by atoms with van der Waals surface area (Å²) in [6.07, 6.45) is 3.16. The molecule has 5 nitrogen and oxygen atoms in total. The molecule has 2 heterocycles. The fourth-order valence-corrected chi connectivity index (χ4v) is 2.15. The summed E-state index contributed by atoms with van der Waals surface area (Å²) in [6, 6.07) is 0. The van der Waals surface area contributed by atoms with Crippen molar-refractivity contribution in [2.24, 2.45) is 0 Å². The Kier molecular flexibility index (Phi) is 4.28. The highest BCUT2D eigenvalue weighted by molar-refractivity contribution is 4.85. The average molecular weight is 236 g/mol. The second-order valence-electron chi connectivity index (χ2n) is 4.45. The molecule has 0 radical (unpaired) electrons. The molecule has 0 aromatic carbocycles. The topological polar surface area (TPSA) is 45.4 Å². The minimum Gasteiger partial charge on any atom is -0.340 e. The molecule has 1 aliphatic heterocycles. The maximum Gasteiger partial charge on any atom is 0.223 e. The van der Waals surface area contributed by atoms with Gasteiger partial charge in [-0.05, 0) is 19.5 Å². The summed E-state index contributed by atoms with van der Waals surface area (Å²) in [5.74, 6) is 1.43. The van der Waals surface area contributed by atoms with Gasteiger partial charge in [0.1, 0.15) is 0 Å². The maximum atomic E-state index is 4.99. The molecule has 0 atom stereocenters. The molecule has 1 aromatic heterocycles. The third-order valence-corrected chi connectivity index (χ3v) is 3.00. The second-order valence-corrected chi connectivity index (χ2v) is 4.45. The van der Waals surface area contributed by atoms with Gasteiger partial charge in [0.25, 0.3) is 0 Å². The van der Waals surface area contributed by atoms with Crippen LogP contribution >= 0.6 is 0 Å². The maximum absolute atomic E-state index is 4.99. The third kappa shape index (κ3) is 3.64. The Labute approximate surface area is 102 Å². The molecule has 0 amide bonds. The molecule has 0 unspecified atom stereocenters. The van der Waals surface area contributed by atoms with Crippen molar-refractivity contribution in [3.63, 3.8) is 0 Å². The van der Waals surface area contributed by atoms with E-state index >= 15 is 0 Å². The fraction of sp³-hybridized carbons (Fsp3) is 0.667. The van der Waals surface area contributed by atoms with Crippen molar-refractivity contribution in [2.45, 2.75) is 19.9 Å². The number of nitrogens with zero attached hydrogens (tertiary/aromatic N) is 4. The zero-order chi connectivity index (χ0) is 12.1. The van der Waals surface area contributed by atoms with Crippen LogP contribution in [-0.2, 0) is 6.54 Å². The van der Waals surface area contributed by atoms with E-state index in [1.54, 1.807) is 0 Å². The van der Waals surface area contributed by atoms with Crippen molar-refractivity contribution in [2.75, 3.05) is 32.7 Å². The Morgan fingerprint density at radius 2 is 2.06 bits per heavy atom. The number of hydrogen-bond acceptors (Lipinski definition) is 5. The second kappa shape index (κ2) is 5.93. The lowest BCUT2D eigenvalue weighted by Crippen LogP contribution is -2.30. The minimum atomic E-state index is 0.642. The highest BCUT2D eigenvalue weighted by Crippen LogP contribution is 2.07. The van der Waals surface area contributed by atoms with Gasteiger partial charge < -0.3 is 4.52 Å². The molecule has 0 bridgehead atoms. The van der Waals surface area contributed by atoms with E-state index in [4.69, 9.17) is 4.52 Å². The molecule has 0 saturated carbocycles. The molecule has 0 spiro atoms. The lowest BCUT2D eigenvalue weighted by Gasteiger charge is -2.19. The van der Waals surface area contributed by atoms with E-state index in [-0.39, 0.29) is 0 Å². The van der Waals surface area contributed by atoms with Crippen molar-refractivity contribution in [3.05, 3.63) is 24.4 Å². The summed E-state index contributed by atoms with van der Waals surface area (Å²) in [6.45, 7) is 11.8. The zero-order valence-corrected chi connectivity index (χ0v) is 10.4. The minimum absolute atomic E-state index is 0.642. The molecule has 1 aliphatic rings. The number of aryl methyl sites for hydroxylation is 1. The van der Waals surface area contributed by atoms with Gasteiger partial charge in [-0.3, -0.25) is 9.80 Å². The molecule has 0 aliphatic carbocycles. The van der Waals surface area contributed by atoms with Gasteiger partial charge in [-0.15, -0.1) is 6.58 Å². The molecule has 1 aromatic rings. The summed E-state index contributed by atoms with van der Waals surface area (Å²) in [5.41, 5.74) is 0. The van der Waals surface area contributed by atoms with E-state index < -0.39 is 0 Å². The van der Waals surface area contributed by atoms with Gasteiger partial charge in [0.2, 0.25) is 5.89 Å². The highest BCUT2D eigenvalue weighted by Gasteiger charge is 2.15. The first-order valence-corrected chi connectivity index (χ1v) is 6.12. The van der Waals surface area contributed by atoms with Crippen LogP contribution < -0.4 is 0 Å². The van der Waals surface area contributed by atoms with Crippen LogP contribution in [0.25, 0.3) is 0 Å². The van der Waals surface area contributed by atoms with Gasteiger partial charge in [-0.25, -0.2) is 0 Å². The summed E-state index contributed by atoms with van der Waals surface area (Å²) in [5, 5.41) is 3.94. The van der Waals surface area contributed by atoms with Crippen molar-refractivity contribution in [1.82, 2.24) is 19.9 Å².